The molecule has 1 aromatic heterocycles. The summed E-state index contributed by atoms with van der Waals surface area (Å²) in [4.78, 5) is 26.8. The van der Waals surface area contributed by atoms with Crippen molar-refractivity contribution in [3.05, 3.63) is 17.0 Å². The Morgan fingerprint density at radius 1 is 1.37 bits per heavy atom. The Morgan fingerprint density at radius 3 is 2.56 bits per heavy atom. The van der Waals surface area contributed by atoms with E-state index in [0.29, 0.717) is 6.42 Å². The summed E-state index contributed by atoms with van der Waals surface area (Å²) in [5.74, 6) is -0.510. The van der Waals surface area contributed by atoms with Gasteiger partial charge in [-0.1, -0.05) is 13.3 Å². The van der Waals surface area contributed by atoms with Gasteiger partial charge in [0.05, 0.1) is 0 Å². The number of amides is 2. The molecule has 9 heteroatoms. The minimum absolute atomic E-state index is 0.0335. The standard InChI is InChI=1S/C18H25F3N4O2/c1-4-5-17(6-7-17)16(27)22-12-8-10(2)25(9-12)15(26)13-11(3)14(24-23-13)18(19,20)21/h10,12H,4-9H2,1-3H3,(H,22,27)(H,23,24). The summed E-state index contributed by atoms with van der Waals surface area (Å²) in [5.41, 5.74) is -1.67. The molecule has 2 heterocycles. The van der Waals surface area contributed by atoms with Crippen molar-refractivity contribution in [3.8, 4) is 0 Å². The molecule has 2 atom stereocenters. The molecule has 6 nitrogen and oxygen atoms in total. The van der Waals surface area contributed by atoms with E-state index in [9.17, 15) is 22.8 Å². The number of halogens is 3. The van der Waals surface area contributed by atoms with Crippen LogP contribution in [-0.4, -0.2) is 45.5 Å². The maximum absolute atomic E-state index is 12.9. The molecule has 0 bridgehead atoms. The van der Waals surface area contributed by atoms with Gasteiger partial charge < -0.3 is 10.2 Å². The number of nitrogens with zero attached hydrogens (tertiary/aromatic N) is 2. The predicted octanol–water partition coefficient (Wildman–Crippen LogP) is 3.04. The highest BCUT2D eigenvalue weighted by Gasteiger charge is 2.50. The zero-order valence-corrected chi connectivity index (χ0v) is 15.7. The summed E-state index contributed by atoms with van der Waals surface area (Å²) in [6.07, 6.45) is -0.417. The van der Waals surface area contributed by atoms with Gasteiger partial charge in [-0.2, -0.15) is 18.3 Å². The van der Waals surface area contributed by atoms with Crippen molar-refractivity contribution >= 4 is 11.8 Å². The molecule has 3 rings (SSSR count). The molecule has 2 amide bonds. The molecule has 27 heavy (non-hydrogen) atoms. The maximum atomic E-state index is 12.9. The lowest BCUT2D eigenvalue weighted by atomic mass is 9.99. The van der Waals surface area contributed by atoms with Gasteiger partial charge in [-0.05, 0) is 39.5 Å². The number of carbonyl (C=O) groups is 2. The zero-order valence-electron chi connectivity index (χ0n) is 15.7. The third-order valence-corrected chi connectivity index (χ3v) is 5.73. The maximum Gasteiger partial charge on any atom is 0.433 e. The van der Waals surface area contributed by atoms with Crippen LogP contribution in [0.15, 0.2) is 0 Å². The summed E-state index contributed by atoms with van der Waals surface area (Å²) in [7, 11) is 0. The third kappa shape index (κ3) is 3.68. The molecule has 1 saturated heterocycles. The number of carbonyl (C=O) groups excluding carboxylic acids is 2. The van der Waals surface area contributed by atoms with Crippen molar-refractivity contribution in [1.29, 1.82) is 0 Å². The van der Waals surface area contributed by atoms with Crippen molar-refractivity contribution in [2.75, 3.05) is 6.54 Å². The lowest BCUT2D eigenvalue weighted by Gasteiger charge is -2.21. The van der Waals surface area contributed by atoms with Crippen LogP contribution in [0, 0.1) is 12.3 Å². The third-order valence-electron chi connectivity index (χ3n) is 5.73. The number of nitrogens with one attached hydrogen (secondary N) is 2. The molecule has 0 spiro atoms. The monoisotopic (exact) mass is 386 g/mol. The molecular formula is C18H25F3N4O2. The smallest absolute Gasteiger partial charge is 0.351 e. The SMILES string of the molecule is CCCC1(C(=O)NC2CC(C)N(C(=O)c3n[nH]c(C(F)(F)F)c3C)C2)CC1. The van der Waals surface area contributed by atoms with E-state index in [-0.39, 0.29) is 41.2 Å². The molecule has 2 N–H and O–H groups in total. The first-order valence-electron chi connectivity index (χ1n) is 9.33. The van der Waals surface area contributed by atoms with E-state index in [4.69, 9.17) is 0 Å². The lowest BCUT2D eigenvalue weighted by molar-refractivity contribution is -0.141. The molecule has 2 aliphatic rings. The first kappa shape index (κ1) is 19.7. The molecule has 1 aromatic rings. The highest BCUT2D eigenvalue weighted by atomic mass is 19.4. The van der Waals surface area contributed by atoms with Crippen molar-refractivity contribution < 1.29 is 22.8 Å². The van der Waals surface area contributed by atoms with E-state index >= 15 is 0 Å². The van der Waals surface area contributed by atoms with Gasteiger partial charge in [-0.15, -0.1) is 0 Å². The number of H-pyrrole nitrogens is 1. The fourth-order valence-corrected chi connectivity index (χ4v) is 4.00. The van der Waals surface area contributed by atoms with Gasteiger partial charge in [0.2, 0.25) is 5.91 Å². The van der Waals surface area contributed by atoms with Crippen LogP contribution in [0.3, 0.4) is 0 Å². The minimum atomic E-state index is -4.58. The molecule has 1 aliphatic heterocycles. The average molecular weight is 386 g/mol. The van der Waals surface area contributed by atoms with E-state index in [1.807, 2.05) is 18.9 Å². The Kier molecular flexibility index (Phi) is 4.98. The Balaban J connectivity index is 1.67. The molecule has 1 saturated carbocycles. The van der Waals surface area contributed by atoms with Gasteiger partial charge in [0.15, 0.2) is 5.69 Å². The number of aromatic nitrogens is 2. The van der Waals surface area contributed by atoms with Crippen LogP contribution >= 0.6 is 0 Å². The van der Waals surface area contributed by atoms with Gasteiger partial charge in [-0.25, -0.2) is 0 Å². The van der Waals surface area contributed by atoms with Gasteiger partial charge in [0.1, 0.15) is 5.69 Å². The van der Waals surface area contributed by atoms with Gasteiger partial charge >= 0.3 is 6.18 Å². The fourth-order valence-electron chi connectivity index (χ4n) is 4.00. The van der Waals surface area contributed by atoms with Crippen LogP contribution in [0.25, 0.3) is 0 Å². The number of rotatable bonds is 5. The van der Waals surface area contributed by atoms with Crippen molar-refractivity contribution in [1.82, 2.24) is 20.4 Å². The van der Waals surface area contributed by atoms with Crippen molar-refractivity contribution in [2.24, 2.45) is 5.41 Å². The second-order valence-corrected chi connectivity index (χ2v) is 7.81. The number of alkyl halides is 3. The highest BCUT2D eigenvalue weighted by molar-refractivity contribution is 5.94. The molecule has 2 fully saturated rings. The summed E-state index contributed by atoms with van der Waals surface area (Å²) in [6, 6.07) is -0.373. The molecular weight excluding hydrogens is 361 g/mol. The molecule has 1 aliphatic carbocycles. The summed E-state index contributed by atoms with van der Waals surface area (Å²) in [6.45, 7) is 5.39. The highest BCUT2D eigenvalue weighted by Crippen LogP contribution is 2.50. The number of aromatic amines is 1. The Morgan fingerprint density at radius 2 is 2.04 bits per heavy atom. The number of hydrogen-bond donors (Lipinski definition) is 2. The van der Waals surface area contributed by atoms with E-state index in [2.05, 4.69) is 10.4 Å². The van der Waals surface area contributed by atoms with Crippen LogP contribution in [0.1, 0.15) is 67.7 Å². The second kappa shape index (κ2) is 6.83. The van der Waals surface area contributed by atoms with E-state index < -0.39 is 17.8 Å². The fraction of sp³-hybridized carbons (Fsp3) is 0.722. The molecule has 2 unspecified atom stereocenters. The minimum Gasteiger partial charge on any atom is -0.351 e. The molecule has 0 aromatic carbocycles. The Hall–Kier alpha value is -2.06. The normalized spacial score (nSPS) is 24.1. The first-order valence-corrected chi connectivity index (χ1v) is 9.33. The average Bonchev–Trinajstić information content (AvgIpc) is 3.11. The molecule has 0 radical (unpaired) electrons. The largest absolute Gasteiger partial charge is 0.433 e. The van der Waals surface area contributed by atoms with Crippen LogP contribution in [-0.2, 0) is 11.0 Å². The summed E-state index contributed by atoms with van der Waals surface area (Å²) >= 11 is 0. The van der Waals surface area contributed by atoms with Crippen molar-refractivity contribution in [2.45, 2.75) is 71.1 Å². The Bertz CT molecular complexity index is 739. The van der Waals surface area contributed by atoms with E-state index in [1.54, 1.807) is 0 Å². The number of likely N-dealkylation sites (tertiary alicyclic amines) is 1. The second-order valence-electron chi connectivity index (χ2n) is 7.81. The van der Waals surface area contributed by atoms with Crippen LogP contribution in [0.2, 0.25) is 0 Å². The topological polar surface area (TPSA) is 78.1 Å². The quantitative estimate of drug-likeness (QED) is 0.817. The number of hydrogen-bond acceptors (Lipinski definition) is 3. The van der Waals surface area contributed by atoms with Crippen LogP contribution in [0.5, 0.6) is 0 Å². The summed E-state index contributed by atoms with van der Waals surface area (Å²) < 4.78 is 38.8. The van der Waals surface area contributed by atoms with Crippen LogP contribution in [0.4, 0.5) is 13.2 Å². The Labute approximate surface area is 155 Å². The lowest BCUT2D eigenvalue weighted by Crippen LogP contribution is -2.42. The van der Waals surface area contributed by atoms with Crippen LogP contribution < -0.4 is 5.32 Å². The first-order chi connectivity index (χ1) is 12.6. The van der Waals surface area contributed by atoms with Gasteiger partial charge in [0, 0.05) is 29.6 Å². The van der Waals surface area contributed by atoms with E-state index in [0.717, 1.165) is 25.7 Å². The van der Waals surface area contributed by atoms with E-state index in [1.165, 1.54) is 11.8 Å². The zero-order chi connectivity index (χ0) is 20.0. The predicted molar refractivity (Wildman–Crippen MR) is 91.9 cm³/mol. The summed E-state index contributed by atoms with van der Waals surface area (Å²) in [5, 5.41) is 8.56. The molecule has 150 valence electrons. The van der Waals surface area contributed by atoms with Gasteiger partial charge in [0.25, 0.3) is 5.91 Å². The van der Waals surface area contributed by atoms with Gasteiger partial charge in [-0.3, -0.25) is 14.7 Å². The van der Waals surface area contributed by atoms with Crippen molar-refractivity contribution in [3.63, 3.8) is 0 Å².